The number of hydrogen-bond donors (Lipinski definition) is 0. The zero-order valence-electron chi connectivity index (χ0n) is 21.6. The lowest BCUT2D eigenvalue weighted by molar-refractivity contribution is 0.125. The van der Waals surface area contributed by atoms with E-state index in [0.29, 0.717) is 0 Å². The summed E-state index contributed by atoms with van der Waals surface area (Å²) in [4.78, 5) is 0. The molecule has 0 saturated heterocycles. The second kappa shape index (κ2) is 8.86. The first-order chi connectivity index (χ1) is 16.9. The Morgan fingerprint density at radius 1 is 0.528 bits per heavy atom. The molecule has 1 aliphatic carbocycles. The highest BCUT2D eigenvalue weighted by molar-refractivity contribution is 9.11. The van der Waals surface area contributed by atoms with E-state index in [9.17, 15) is 0 Å². The minimum absolute atomic E-state index is 0.0346. The molecule has 0 aliphatic heterocycles. The molecule has 0 radical (unpaired) electrons. The molecule has 5 rings (SSSR count). The molecule has 0 unspecified atom stereocenters. The van der Waals surface area contributed by atoms with Crippen molar-refractivity contribution in [2.45, 2.75) is 52.4 Å². The summed E-state index contributed by atoms with van der Waals surface area (Å²) < 4.78 is 2.20. The van der Waals surface area contributed by atoms with Gasteiger partial charge < -0.3 is 0 Å². The van der Waals surface area contributed by atoms with Crippen molar-refractivity contribution in [3.05, 3.63) is 104 Å². The van der Waals surface area contributed by atoms with Gasteiger partial charge in [0.25, 0.3) is 0 Å². The van der Waals surface area contributed by atoms with E-state index < -0.39 is 0 Å². The van der Waals surface area contributed by atoms with Gasteiger partial charge in [0.1, 0.15) is 0 Å². The first-order valence-corrected chi connectivity index (χ1v) is 14.3. The van der Waals surface area contributed by atoms with Gasteiger partial charge >= 0.3 is 0 Å². The van der Waals surface area contributed by atoms with Crippen LogP contribution in [0.2, 0.25) is 5.02 Å². The minimum Gasteiger partial charge on any atom is -0.0837 e. The van der Waals surface area contributed by atoms with Gasteiger partial charge in [-0.3, -0.25) is 0 Å². The molecule has 0 saturated carbocycles. The summed E-state index contributed by atoms with van der Waals surface area (Å²) in [5.41, 5.74) is 9.91. The summed E-state index contributed by atoms with van der Waals surface area (Å²) in [6.07, 6.45) is 0. The molecular weight excluding hydrogens is 592 g/mol. The smallest absolute Gasteiger partial charge is 0.0484 e. The zero-order valence-corrected chi connectivity index (χ0v) is 25.6. The summed E-state index contributed by atoms with van der Waals surface area (Å²) in [6.45, 7) is 14.4. The Labute approximate surface area is 237 Å². The lowest BCUT2D eigenvalue weighted by Crippen LogP contribution is -2.42. The van der Waals surface area contributed by atoms with E-state index >= 15 is 0 Å². The Hall–Kier alpha value is -1.87. The van der Waals surface area contributed by atoms with Gasteiger partial charge in [0.15, 0.2) is 0 Å². The summed E-state index contributed by atoms with van der Waals surface area (Å²) in [5.74, 6) is 0. The molecule has 4 aromatic carbocycles. The molecule has 0 atom stereocenters. The maximum absolute atomic E-state index is 6.68. The largest absolute Gasteiger partial charge is 0.0837 e. The van der Waals surface area contributed by atoms with E-state index in [1.807, 2.05) is 18.2 Å². The molecule has 0 aromatic heterocycles. The SMILES string of the molecule is CC1(C)c2cc(Br)c(-c3cc(-c4ccccc4Cl)cc(-c4ccccc4Br)c3)cc2C(C)(C)C1(C)C. The van der Waals surface area contributed by atoms with Gasteiger partial charge in [-0.1, -0.05) is 121 Å². The number of halogens is 3. The van der Waals surface area contributed by atoms with Gasteiger partial charge in [0.2, 0.25) is 0 Å². The van der Waals surface area contributed by atoms with E-state index in [-0.39, 0.29) is 16.2 Å². The first-order valence-electron chi connectivity index (χ1n) is 12.4. The highest BCUT2D eigenvalue weighted by Gasteiger charge is 2.56. The molecule has 0 heterocycles. The molecule has 184 valence electrons. The third kappa shape index (κ3) is 3.83. The van der Waals surface area contributed by atoms with Gasteiger partial charge in [0.05, 0.1) is 0 Å². The maximum Gasteiger partial charge on any atom is 0.0484 e. The van der Waals surface area contributed by atoms with Crippen molar-refractivity contribution in [3.63, 3.8) is 0 Å². The molecule has 4 aromatic rings. The number of hydrogen-bond acceptors (Lipinski definition) is 0. The molecule has 0 amide bonds. The van der Waals surface area contributed by atoms with E-state index in [4.69, 9.17) is 11.6 Å². The third-order valence-corrected chi connectivity index (χ3v) is 10.9. The molecule has 0 nitrogen and oxygen atoms in total. The Bertz CT molecular complexity index is 1430. The Kier molecular flexibility index (Phi) is 6.34. The van der Waals surface area contributed by atoms with Crippen LogP contribution in [0, 0.1) is 5.41 Å². The second-order valence-electron chi connectivity index (χ2n) is 11.5. The van der Waals surface area contributed by atoms with Crippen LogP contribution in [0.3, 0.4) is 0 Å². The maximum atomic E-state index is 6.68. The fraction of sp³-hybridized carbons (Fsp3) is 0.273. The van der Waals surface area contributed by atoms with Crippen LogP contribution in [0.25, 0.3) is 33.4 Å². The molecule has 36 heavy (non-hydrogen) atoms. The summed E-state index contributed by atoms with van der Waals surface area (Å²) in [6, 6.07) is 28.1. The van der Waals surface area contributed by atoms with Crippen molar-refractivity contribution in [1.29, 1.82) is 0 Å². The predicted molar refractivity (Wildman–Crippen MR) is 163 cm³/mol. The lowest BCUT2D eigenvalue weighted by atomic mass is 9.59. The van der Waals surface area contributed by atoms with Gasteiger partial charge in [-0.25, -0.2) is 0 Å². The number of rotatable bonds is 3. The number of benzene rings is 4. The van der Waals surface area contributed by atoms with Crippen LogP contribution in [0.4, 0.5) is 0 Å². The van der Waals surface area contributed by atoms with Crippen molar-refractivity contribution >= 4 is 43.5 Å². The molecule has 0 bridgehead atoms. The highest BCUT2D eigenvalue weighted by atomic mass is 79.9. The molecule has 3 heteroatoms. The molecule has 0 N–H and O–H groups in total. The van der Waals surface area contributed by atoms with Crippen molar-refractivity contribution in [3.8, 4) is 33.4 Å². The lowest BCUT2D eigenvalue weighted by Gasteiger charge is -2.44. The third-order valence-electron chi connectivity index (χ3n) is 9.19. The van der Waals surface area contributed by atoms with Gasteiger partial charge in [-0.15, -0.1) is 0 Å². The topological polar surface area (TPSA) is 0 Å². The zero-order chi connectivity index (χ0) is 26.0. The van der Waals surface area contributed by atoms with E-state index in [1.54, 1.807) is 0 Å². The van der Waals surface area contributed by atoms with Crippen molar-refractivity contribution in [1.82, 2.24) is 0 Å². The van der Waals surface area contributed by atoms with Crippen molar-refractivity contribution in [2.75, 3.05) is 0 Å². The standard InChI is InChI=1S/C33H31Br2Cl/c1-31(2)26-18-25(29(35)19-27(26)32(3,4)33(31,5)6)22-16-20(23-11-7-9-13-28(23)34)15-21(17-22)24-12-8-10-14-30(24)36/h7-19H,1-6H3. The quantitative estimate of drug-likeness (QED) is 0.213. The van der Waals surface area contributed by atoms with Crippen molar-refractivity contribution < 1.29 is 0 Å². The van der Waals surface area contributed by atoms with Crippen LogP contribution in [0.15, 0.2) is 87.8 Å². The van der Waals surface area contributed by atoms with Crippen molar-refractivity contribution in [2.24, 2.45) is 5.41 Å². The average Bonchev–Trinajstić information content (AvgIpc) is 2.93. The molecule has 0 spiro atoms. The number of fused-ring (bicyclic) bond motifs is 1. The average molecular weight is 623 g/mol. The van der Waals surface area contributed by atoms with Crippen LogP contribution in [-0.4, -0.2) is 0 Å². The highest BCUT2D eigenvalue weighted by Crippen LogP contribution is 2.62. The van der Waals surface area contributed by atoms with Crippen LogP contribution in [0.1, 0.15) is 52.7 Å². The first kappa shape index (κ1) is 25.8. The van der Waals surface area contributed by atoms with Crippen LogP contribution < -0.4 is 0 Å². The Balaban J connectivity index is 1.79. The Morgan fingerprint density at radius 3 is 1.58 bits per heavy atom. The molecule has 0 fully saturated rings. The van der Waals surface area contributed by atoms with Crippen LogP contribution >= 0.6 is 43.5 Å². The van der Waals surface area contributed by atoms with Gasteiger partial charge in [0, 0.05) is 19.5 Å². The molecule has 1 aliphatic rings. The van der Waals surface area contributed by atoms with Gasteiger partial charge in [-0.2, -0.15) is 0 Å². The molecular formula is C33H31Br2Cl. The van der Waals surface area contributed by atoms with Gasteiger partial charge in [-0.05, 0) is 97.7 Å². The van der Waals surface area contributed by atoms with E-state index in [0.717, 1.165) is 36.2 Å². The summed E-state index contributed by atoms with van der Waals surface area (Å²) >= 11 is 14.4. The summed E-state index contributed by atoms with van der Waals surface area (Å²) in [7, 11) is 0. The van der Waals surface area contributed by atoms with E-state index in [2.05, 4.69) is 134 Å². The van der Waals surface area contributed by atoms with Crippen LogP contribution in [0.5, 0.6) is 0 Å². The summed E-state index contributed by atoms with van der Waals surface area (Å²) in [5, 5.41) is 0.755. The fourth-order valence-corrected chi connectivity index (χ4v) is 7.10. The minimum atomic E-state index is 0.0346. The normalized spacial score (nSPS) is 17.1. The fourth-order valence-electron chi connectivity index (χ4n) is 5.77. The second-order valence-corrected chi connectivity index (χ2v) is 13.6. The Morgan fingerprint density at radius 2 is 1.00 bits per heavy atom. The van der Waals surface area contributed by atoms with Crippen LogP contribution in [-0.2, 0) is 10.8 Å². The monoisotopic (exact) mass is 620 g/mol. The van der Waals surface area contributed by atoms with E-state index in [1.165, 1.54) is 22.3 Å². The predicted octanol–water partition coefficient (Wildman–Crippen LogP) is 11.5.